The van der Waals surface area contributed by atoms with Crippen LogP contribution < -0.4 is 22.1 Å². The summed E-state index contributed by atoms with van der Waals surface area (Å²) >= 11 is 0. The van der Waals surface area contributed by atoms with E-state index in [2.05, 4.69) is 20.8 Å². The highest BCUT2D eigenvalue weighted by molar-refractivity contribution is 6.01. The van der Waals surface area contributed by atoms with E-state index in [0.29, 0.717) is 17.1 Å². The Morgan fingerprint density at radius 3 is 1.79 bits per heavy atom. The van der Waals surface area contributed by atoms with Crippen LogP contribution in [0.15, 0.2) is 89.1 Å². The van der Waals surface area contributed by atoms with Gasteiger partial charge in [0.15, 0.2) is 0 Å². The molecule has 0 radical (unpaired) electrons. The number of urea groups is 1. The Labute approximate surface area is 169 Å². The normalized spacial score (nSPS) is 10.9. The highest BCUT2D eigenvalue weighted by atomic mass is 16.2. The largest absolute Gasteiger partial charge is 0.369 e. The third-order valence-electron chi connectivity index (χ3n) is 4.13. The molecule has 3 aromatic carbocycles. The summed E-state index contributed by atoms with van der Waals surface area (Å²) in [6.45, 7) is 1.79. The van der Waals surface area contributed by atoms with Crippen molar-refractivity contribution in [3.63, 3.8) is 0 Å². The van der Waals surface area contributed by atoms with Gasteiger partial charge in [0.1, 0.15) is 0 Å². The van der Waals surface area contributed by atoms with Crippen molar-refractivity contribution in [1.82, 2.24) is 0 Å². The van der Waals surface area contributed by atoms with Crippen LogP contribution in [0.5, 0.6) is 0 Å². The van der Waals surface area contributed by atoms with E-state index in [1.165, 1.54) is 0 Å². The van der Waals surface area contributed by atoms with E-state index in [1.54, 1.807) is 19.1 Å². The van der Waals surface area contributed by atoms with Gasteiger partial charge < -0.3 is 22.1 Å². The molecule has 0 spiro atoms. The van der Waals surface area contributed by atoms with Crippen LogP contribution in [0.4, 0.5) is 16.2 Å². The third-order valence-corrected chi connectivity index (χ3v) is 4.13. The minimum Gasteiger partial charge on any atom is -0.369 e. The van der Waals surface area contributed by atoms with E-state index in [0.717, 1.165) is 16.7 Å². The standard InChI is InChI=1S/C22H22N6O/c1-15(27-28-21(23)24)16-7-11-19(12-8-16)25-22(29)26-20-13-9-18(10-14-20)17-5-3-2-4-6-17/h2-14H,1H3,(H4,23,24,28)(H2,25,26,29)/b27-15+. The summed E-state index contributed by atoms with van der Waals surface area (Å²) < 4.78 is 0. The number of anilines is 2. The predicted octanol–water partition coefficient (Wildman–Crippen LogP) is 4.00. The molecular weight excluding hydrogens is 364 g/mol. The molecule has 7 heteroatoms. The Kier molecular flexibility index (Phi) is 6.22. The van der Waals surface area contributed by atoms with Gasteiger partial charge >= 0.3 is 6.03 Å². The lowest BCUT2D eigenvalue weighted by atomic mass is 10.1. The van der Waals surface area contributed by atoms with Gasteiger partial charge in [0, 0.05) is 11.4 Å². The molecule has 0 heterocycles. The van der Waals surface area contributed by atoms with E-state index < -0.39 is 0 Å². The summed E-state index contributed by atoms with van der Waals surface area (Å²) in [5.41, 5.74) is 15.6. The maximum atomic E-state index is 12.2. The first kappa shape index (κ1) is 19.6. The molecule has 146 valence electrons. The SMILES string of the molecule is C/C(=N\N=C(N)N)c1ccc(NC(=O)Nc2ccc(-c3ccccc3)cc2)cc1. The summed E-state index contributed by atoms with van der Waals surface area (Å²) in [6.07, 6.45) is 0. The van der Waals surface area contributed by atoms with E-state index in [9.17, 15) is 4.79 Å². The van der Waals surface area contributed by atoms with Gasteiger partial charge in [-0.15, -0.1) is 5.10 Å². The van der Waals surface area contributed by atoms with Crippen molar-refractivity contribution in [2.24, 2.45) is 21.7 Å². The zero-order chi connectivity index (χ0) is 20.6. The first-order valence-corrected chi connectivity index (χ1v) is 8.98. The van der Waals surface area contributed by atoms with Crippen molar-refractivity contribution >= 4 is 29.1 Å². The molecule has 3 aromatic rings. The van der Waals surface area contributed by atoms with Crippen molar-refractivity contribution in [2.75, 3.05) is 10.6 Å². The highest BCUT2D eigenvalue weighted by Gasteiger charge is 2.05. The summed E-state index contributed by atoms with van der Waals surface area (Å²) in [5.74, 6) is -0.101. The monoisotopic (exact) mass is 386 g/mol. The molecule has 0 saturated heterocycles. The molecule has 0 aliphatic heterocycles. The van der Waals surface area contributed by atoms with Crippen LogP contribution in [0, 0.1) is 0 Å². The first-order chi connectivity index (χ1) is 14.0. The molecule has 0 bridgehead atoms. The molecule has 0 aromatic heterocycles. The van der Waals surface area contributed by atoms with Gasteiger partial charge in [0.2, 0.25) is 5.96 Å². The molecule has 0 aliphatic rings. The number of carbonyl (C=O) groups is 1. The summed E-state index contributed by atoms with van der Waals surface area (Å²) in [7, 11) is 0. The van der Waals surface area contributed by atoms with E-state index in [-0.39, 0.29) is 12.0 Å². The van der Waals surface area contributed by atoms with Gasteiger partial charge in [0.25, 0.3) is 0 Å². The van der Waals surface area contributed by atoms with Crippen LogP contribution in [0.1, 0.15) is 12.5 Å². The lowest BCUT2D eigenvalue weighted by Crippen LogP contribution is -2.22. The third kappa shape index (κ3) is 5.67. The molecule has 6 N–H and O–H groups in total. The van der Waals surface area contributed by atoms with Crippen LogP contribution in [-0.4, -0.2) is 17.7 Å². The maximum Gasteiger partial charge on any atom is 0.323 e. The molecule has 7 nitrogen and oxygen atoms in total. The smallest absolute Gasteiger partial charge is 0.323 e. The fourth-order valence-corrected chi connectivity index (χ4v) is 2.66. The molecule has 2 amide bonds. The Bertz CT molecular complexity index is 1020. The summed E-state index contributed by atoms with van der Waals surface area (Å²) in [6, 6.07) is 24.6. The fourth-order valence-electron chi connectivity index (χ4n) is 2.66. The van der Waals surface area contributed by atoms with Crippen LogP contribution in [0.2, 0.25) is 0 Å². The lowest BCUT2D eigenvalue weighted by molar-refractivity contribution is 0.262. The van der Waals surface area contributed by atoms with Crippen LogP contribution in [0.25, 0.3) is 11.1 Å². The van der Waals surface area contributed by atoms with Crippen molar-refractivity contribution in [3.8, 4) is 11.1 Å². The second-order valence-corrected chi connectivity index (χ2v) is 6.31. The number of guanidine groups is 1. The minimum atomic E-state index is -0.323. The number of nitrogens with zero attached hydrogens (tertiary/aromatic N) is 2. The molecule has 29 heavy (non-hydrogen) atoms. The number of hydrogen-bond donors (Lipinski definition) is 4. The van der Waals surface area contributed by atoms with Crippen molar-refractivity contribution in [3.05, 3.63) is 84.4 Å². The Hall–Kier alpha value is -4.13. The van der Waals surface area contributed by atoms with Crippen LogP contribution in [-0.2, 0) is 0 Å². The molecular formula is C22H22N6O. The van der Waals surface area contributed by atoms with Gasteiger partial charge in [-0.05, 0) is 47.9 Å². The molecule has 0 fully saturated rings. The highest BCUT2D eigenvalue weighted by Crippen LogP contribution is 2.21. The minimum absolute atomic E-state index is 0.101. The molecule has 0 unspecified atom stereocenters. The average molecular weight is 386 g/mol. The Morgan fingerprint density at radius 2 is 1.24 bits per heavy atom. The number of benzene rings is 3. The maximum absolute atomic E-state index is 12.2. The molecule has 0 aliphatic carbocycles. The number of amides is 2. The second kappa shape index (κ2) is 9.18. The van der Waals surface area contributed by atoms with Crippen LogP contribution >= 0.6 is 0 Å². The quantitative estimate of drug-likeness (QED) is 0.301. The number of nitrogens with two attached hydrogens (primary N) is 2. The Balaban J connectivity index is 1.59. The zero-order valence-corrected chi connectivity index (χ0v) is 16.0. The van der Waals surface area contributed by atoms with E-state index in [1.807, 2.05) is 66.7 Å². The van der Waals surface area contributed by atoms with Gasteiger partial charge in [-0.25, -0.2) is 4.79 Å². The molecule has 3 rings (SSSR count). The first-order valence-electron chi connectivity index (χ1n) is 8.98. The lowest BCUT2D eigenvalue weighted by Gasteiger charge is -2.09. The summed E-state index contributed by atoms with van der Waals surface area (Å²) in [4.78, 5) is 12.2. The Morgan fingerprint density at radius 1 is 0.724 bits per heavy atom. The van der Waals surface area contributed by atoms with Crippen molar-refractivity contribution in [1.29, 1.82) is 0 Å². The van der Waals surface area contributed by atoms with Gasteiger partial charge in [-0.1, -0.05) is 54.6 Å². The number of nitrogens with one attached hydrogen (secondary N) is 2. The molecule has 0 saturated carbocycles. The number of rotatable bonds is 5. The van der Waals surface area contributed by atoms with Gasteiger partial charge in [0.05, 0.1) is 5.71 Å². The van der Waals surface area contributed by atoms with Gasteiger partial charge in [-0.3, -0.25) is 0 Å². The fraction of sp³-hybridized carbons (Fsp3) is 0.0455. The second-order valence-electron chi connectivity index (χ2n) is 6.31. The topological polar surface area (TPSA) is 118 Å². The number of carbonyl (C=O) groups excluding carboxylic acids is 1. The van der Waals surface area contributed by atoms with E-state index in [4.69, 9.17) is 11.5 Å². The summed E-state index contributed by atoms with van der Waals surface area (Å²) in [5, 5.41) is 13.2. The zero-order valence-electron chi connectivity index (χ0n) is 16.0. The number of hydrogen-bond acceptors (Lipinski definition) is 3. The van der Waals surface area contributed by atoms with Crippen molar-refractivity contribution in [2.45, 2.75) is 6.92 Å². The van der Waals surface area contributed by atoms with E-state index >= 15 is 0 Å². The van der Waals surface area contributed by atoms with Gasteiger partial charge in [-0.2, -0.15) is 5.10 Å². The van der Waals surface area contributed by atoms with Crippen LogP contribution in [0.3, 0.4) is 0 Å². The molecule has 0 atom stereocenters. The van der Waals surface area contributed by atoms with Crippen molar-refractivity contribution < 1.29 is 4.79 Å². The average Bonchev–Trinajstić information content (AvgIpc) is 2.73. The predicted molar refractivity (Wildman–Crippen MR) is 119 cm³/mol.